The van der Waals surface area contributed by atoms with E-state index in [1.165, 1.54) is 7.11 Å². The van der Waals surface area contributed by atoms with Crippen LogP contribution < -0.4 is 10.2 Å². The molecule has 1 aromatic heterocycles. The molecule has 0 amide bonds. The van der Waals surface area contributed by atoms with Gasteiger partial charge in [-0.2, -0.15) is 5.10 Å². The number of phenolic OH excluding ortho intramolecular Hbond substituents is 1. The van der Waals surface area contributed by atoms with Crippen molar-refractivity contribution in [3.05, 3.63) is 46.4 Å². The summed E-state index contributed by atoms with van der Waals surface area (Å²) in [6.07, 6.45) is 1.58. The van der Waals surface area contributed by atoms with Crippen molar-refractivity contribution in [1.29, 1.82) is 0 Å². The van der Waals surface area contributed by atoms with Crippen LogP contribution in [0.25, 0.3) is 11.0 Å². The molecule has 0 aliphatic rings. The summed E-state index contributed by atoms with van der Waals surface area (Å²) in [6, 6.07) is 11.0. The van der Waals surface area contributed by atoms with Gasteiger partial charge in [0.05, 0.1) is 24.4 Å². The van der Waals surface area contributed by atoms with E-state index in [1.807, 2.05) is 24.3 Å². The van der Waals surface area contributed by atoms with E-state index < -0.39 is 0 Å². The van der Waals surface area contributed by atoms with Crippen molar-refractivity contribution in [2.45, 2.75) is 0 Å². The predicted octanol–water partition coefficient (Wildman–Crippen LogP) is 3.49. The average molecular weight is 361 g/mol. The van der Waals surface area contributed by atoms with Gasteiger partial charge >= 0.3 is 0 Å². The van der Waals surface area contributed by atoms with E-state index in [0.717, 1.165) is 15.5 Å². The van der Waals surface area contributed by atoms with E-state index in [1.54, 1.807) is 18.3 Å². The summed E-state index contributed by atoms with van der Waals surface area (Å²) >= 11 is 3.40. The average Bonchev–Trinajstić information content (AvgIpc) is 2.93. The number of nitrogens with zero attached hydrogens (tertiary/aromatic N) is 2. The van der Waals surface area contributed by atoms with Crippen LogP contribution >= 0.6 is 15.9 Å². The number of nitrogens with one attached hydrogen (secondary N) is 2. The van der Waals surface area contributed by atoms with Gasteiger partial charge in [0, 0.05) is 10.0 Å². The lowest BCUT2D eigenvalue weighted by molar-refractivity contribution is 0.373. The third-order valence-corrected chi connectivity index (χ3v) is 3.75. The minimum absolute atomic E-state index is 0.0517. The van der Waals surface area contributed by atoms with Crippen LogP contribution in [0.5, 0.6) is 11.5 Å². The summed E-state index contributed by atoms with van der Waals surface area (Å²) in [5, 5.41) is 13.9. The molecule has 0 saturated carbocycles. The van der Waals surface area contributed by atoms with E-state index in [0.29, 0.717) is 17.3 Å². The number of hydrazone groups is 1. The lowest BCUT2D eigenvalue weighted by Crippen LogP contribution is -1.94. The number of aromatic hydroxyl groups is 1. The normalized spacial score (nSPS) is 11.2. The Hall–Kier alpha value is -2.54. The van der Waals surface area contributed by atoms with Gasteiger partial charge in [0.25, 0.3) is 0 Å². The van der Waals surface area contributed by atoms with Crippen LogP contribution in [0.2, 0.25) is 0 Å². The number of aromatic amines is 1. The first kappa shape index (κ1) is 14.4. The van der Waals surface area contributed by atoms with E-state index >= 15 is 0 Å². The Labute approximate surface area is 135 Å². The molecule has 0 fully saturated rings. The molecule has 7 heteroatoms. The minimum Gasteiger partial charge on any atom is -0.504 e. The second kappa shape index (κ2) is 6.07. The van der Waals surface area contributed by atoms with Crippen LogP contribution in [0.1, 0.15) is 5.56 Å². The van der Waals surface area contributed by atoms with E-state index in [4.69, 9.17) is 4.74 Å². The van der Waals surface area contributed by atoms with Crippen LogP contribution in [-0.2, 0) is 0 Å². The van der Waals surface area contributed by atoms with Gasteiger partial charge in [-0.1, -0.05) is 12.1 Å². The fourth-order valence-electron chi connectivity index (χ4n) is 1.99. The van der Waals surface area contributed by atoms with Gasteiger partial charge in [-0.3, -0.25) is 0 Å². The van der Waals surface area contributed by atoms with Gasteiger partial charge in [0.1, 0.15) is 0 Å². The van der Waals surface area contributed by atoms with Gasteiger partial charge in [-0.15, -0.1) is 0 Å². The number of H-pyrrole nitrogens is 1. The zero-order valence-electron chi connectivity index (χ0n) is 11.7. The van der Waals surface area contributed by atoms with Crippen LogP contribution in [0.4, 0.5) is 5.95 Å². The quantitative estimate of drug-likeness (QED) is 0.491. The van der Waals surface area contributed by atoms with Crippen LogP contribution in [-0.4, -0.2) is 28.4 Å². The second-order valence-corrected chi connectivity index (χ2v) is 5.37. The Kier molecular flexibility index (Phi) is 3.97. The van der Waals surface area contributed by atoms with Crippen LogP contribution in [0, 0.1) is 0 Å². The van der Waals surface area contributed by atoms with Gasteiger partial charge in [-0.05, 0) is 40.2 Å². The number of fused-ring (bicyclic) bond motifs is 1. The zero-order valence-corrected chi connectivity index (χ0v) is 13.3. The summed E-state index contributed by atoms with van der Waals surface area (Å²) in [5.41, 5.74) is 5.34. The molecule has 0 atom stereocenters. The molecule has 2 aromatic carbocycles. The number of halogens is 1. The Morgan fingerprint density at radius 2 is 2.18 bits per heavy atom. The highest BCUT2D eigenvalue weighted by atomic mass is 79.9. The molecule has 0 aliphatic carbocycles. The molecule has 3 aromatic rings. The fourth-order valence-corrected chi connectivity index (χ4v) is 2.42. The monoisotopic (exact) mass is 360 g/mol. The molecule has 112 valence electrons. The van der Waals surface area contributed by atoms with Crippen molar-refractivity contribution < 1.29 is 9.84 Å². The van der Waals surface area contributed by atoms with E-state index in [9.17, 15) is 5.11 Å². The molecule has 0 saturated heterocycles. The first-order chi connectivity index (χ1) is 10.7. The molecule has 0 radical (unpaired) electrons. The molecule has 3 rings (SSSR count). The van der Waals surface area contributed by atoms with Crippen LogP contribution in [0.3, 0.4) is 0 Å². The molecule has 0 spiro atoms. The number of imidazole rings is 1. The summed E-state index contributed by atoms with van der Waals surface area (Å²) in [4.78, 5) is 7.46. The number of aromatic nitrogens is 2. The first-order valence-corrected chi connectivity index (χ1v) is 7.27. The number of phenols is 1. The third kappa shape index (κ3) is 2.89. The van der Waals surface area contributed by atoms with E-state index in [-0.39, 0.29) is 5.75 Å². The summed E-state index contributed by atoms with van der Waals surface area (Å²) in [5.74, 6) is 0.997. The number of anilines is 1. The molecular weight excluding hydrogens is 348 g/mol. The van der Waals surface area contributed by atoms with E-state index in [2.05, 4.69) is 36.4 Å². The number of benzene rings is 2. The molecule has 22 heavy (non-hydrogen) atoms. The number of ether oxygens (including phenoxy) is 1. The summed E-state index contributed by atoms with van der Waals surface area (Å²) in [6.45, 7) is 0. The number of methoxy groups -OCH3 is 1. The van der Waals surface area contributed by atoms with Gasteiger partial charge in [0.15, 0.2) is 11.5 Å². The largest absolute Gasteiger partial charge is 0.504 e. The topological polar surface area (TPSA) is 82.5 Å². The highest BCUT2D eigenvalue weighted by molar-refractivity contribution is 9.10. The van der Waals surface area contributed by atoms with Crippen molar-refractivity contribution in [3.63, 3.8) is 0 Å². The van der Waals surface area contributed by atoms with Crippen molar-refractivity contribution >= 4 is 39.1 Å². The number of para-hydroxylation sites is 2. The predicted molar refractivity (Wildman–Crippen MR) is 89.7 cm³/mol. The number of rotatable bonds is 4. The molecule has 1 heterocycles. The molecule has 6 nitrogen and oxygen atoms in total. The highest BCUT2D eigenvalue weighted by Crippen LogP contribution is 2.31. The molecule has 0 bridgehead atoms. The third-order valence-electron chi connectivity index (χ3n) is 3.06. The van der Waals surface area contributed by atoms with Gasteiger partial charge < -0.3 is 14.8 Å². The number of hydrogen-bond donors (Lipinski definition) is 3. The van der Waals surface area contributed by atoms with Crippen LogP contribution in [0.15, 0.2) is 46.0 Å². The SMILES string of the molecule is COc1cc(Br)c(/C=N\Nc2nc3ccccc3[nH]2)cc1O. The zero-order chi connectivity index (χ0) is 15.5. The first-order valence-electron chi connectivity index (χ1n) is 6.47. The smallest absolute Gasteiger partial charge is 0.222 e. The Bertz CT molecular complexity index is 812. The molecule has 3 N–H and O–H groups in total. The second-order valence-electron chi connectivity index (χ2n) is 4.52. The maximum Gasteiger partial charge on any atom is 0.222 e. The van der Waals surface area contributed by atoms with Gasteiger partial charge in [-0.25, -0.2) is 10.4 Å². The summed E-state index contributed by atoms with van der Waals surface area (Å²) < 4.78 is 5.79. The Balaban J connectivity index is 1.78. The highest BCUT2D eigenvalue weighted by Gasteiger charge is 2.06. The summed E-state index contributed by atoms with van der Waals surface area (Å²) in [7, 11) is 1.50. The van der Waals surface area contributed by atoms with Crippen molar-refractivity contribution in [2.75, 3.05) is 12.5 Å². The van der Waals surface area contributed by atoms with Gasteiger partial charge in [0.2, 0.25) is 5.95 Å². The van der Waals surface area contributed by atoms with Crippen molar-refractivity contribution in [3.8, 4) is 11.5 Å². The van der Waals surface area contributed by atoms with Crippen molar-refractivity contribution in [1.82, 2.24) is 9.97 Å². The lowest BCUT2D eigenvalue weighted by Gasteiger charge is -2.05. The maximum absolute atomic E-state index is 9.78. The number of hydrogen-bond acceptors (Lipinski definition) is 5. The minimum atomic E-state index is 0.0517. The Morgan fingerprint density at radius 3 is 2.95 bits per heavy atom. The van der Waals surface area contributed by atoms with Crippen molar-refractivity contribution in [2.24, 2.45) is 5.10 Å². The standard InChI is InChI=1S/C15H13BrN4O2/c1-22-14-7-10(16)9(6-13(14)21)8-17-20-15-18-11-4-2-3-5-12(11)19-15/h2-8,21H,1H3,(H2,18,19,20)/b17-8-. The fraction of sp³-hybridized carbons (Fsp3) is 0.0667. The Morgan fingerprint density at radius 1 is 1.36 bits per heavy atom. The molecular formula is C15H13BrN4O2. The molecule has 0 aliphatic heterocycles. The molecule has 0 unspecified atom stereocenters. The lowest BCUT2D eigenvalue weighted by atomic mass is 10.2. The maximum atomic E-state index is 9.78.